The van der Waals surface area contributed by atoms with Crippen LogP contribution >= 0.6 is 0 Å². The van der Waals surface area contributed by atoms with Gasteiger partial charge in [0.15, 0.2) is 0 Å². The van der Waals surface area contributed by atoms with Crippen molar-refractivity contribution in [3.63, 3.8) is 0 Å². The number of phenols is 1. The van der Waals surface area contributed by atoms with Gasteiger partial charge >= 0.3 is 37.7 Å². The summed E-state index contributed by atoms with van der Waals surface area (Å²) in [5, 5.41) is 29.4. The number of aromatic hydroxyl groups is 1. The van der Waals surface area contributed by atoms with Crippen LogP contribution in [0.25, 0.3) is 0 Å². The number of hydrogen-bond acceptors (Lipinski definition) is 6. The molecule has 1 aromatic carbocycles. The molecule has 0 aliphatic carbocycles. The zero-order valence-electron chi connectivity index (χ0n) is 26.6. The summed E-state index contributed by atoms with van der Waals surface area (Å²) in [6.07, 6.45) is 13.1. The van der Waals surface area contributed by atoms with Gasteiger partial charge in [0, 0.05) is 17.5 Å². The van der Waals surface area contributed by atoms with Crippen LogP contribution < -0.4 is 14.9 Å². The molecule has 0 saturated carbocycles. The van der Waals surface area contributed by atoms with Gasteiger partial charge in [-0.05, 0) is 101 Å². The van der Waals surface area contributed by atoms with Gasteiger partial charge in [0.1, 0.15) is 17.1 Å². The van der Waals surface area contributed by atoms with Gasteiger partial charge in [0.05, 0.1) is 0 Å². The fourth-order valence-electron chi connectivity index (χ4n) is 5.48. The quantitative estimate of drug-likeness (QED) is 0.263. The Morgan fingerprint density at radius 1 is 0.825 bits per heavy atom. The third-order valence-corrected chi connectivity index (χ3v) is 8.40. The molecule has 0 saturated heterocycles. The fraction of sp³-hybridized carbons (Fsp3) is 0.758. The molecule has 224 valence electrons. The van der Waals surface area contributed by atoms with Crippen molar-refractivity contribution < 1.29 is 29.6 Å². The smallest absolute Gasteiger partial charge is 0.550 e. The number of ether oxygens (including phenoxy) is 1. The molecule has 0 amide bonds. The van der Waals surface area contributed by atoms with E-state index in [1.807, 2.05) is 13.8 Å². The van der Waals surface area contributed by atoms with Crippen molar-refractivity contribution in [3.05, 3.63) is 22.3 Å². The summed E-state index contributed by atoms with van der Waals surface area (Å²) in [4.78, 5) is 19.0. The van der Waals surface area contributed by atoms with Gasteiger partial charge in [0.2, 0.25) is 0 Å². The van der Waals surface area contributed by atoms with Gasteiger partial charge in [-0.3, -0.25) is 0 Å². The van der Waals surface area contributed by atoms with Crippen molar-refractivity contribution in [2.45, 2.75) is 144 Å². The standard InChI is InChI=1S/C29H50O2.C4H6O4.Ca/c1-20(2)12-9-13-21(3)14-10-15-22(4)16-11-18-29(8)19-17-26-25(7)27(30)23(5)24(6)28(26)31-29;5-3(6)1-2-4(7)8;/h20-22,30H,9-19H2,1-8H3;1-2H2,(H,5,6)(H,7,8);/q;;+2/p-2. The van der Waals surface area contributed by atoms with E-state index in [4.69, 9.17) is 4.74 Å². The van der Waals surface area contributed by atoms with Gasteiger partial charge in [-0.2, -0.15) is 0 Å². The zero-order valence-corrected chi connectivity index (χ0v) is 28.8. The van der Waals surface area contributed by atoms with E-state index in [0.717, 1.165) is 59.5 Å². The van der Waals surface area contributed by atoms with E-state index in [-0.39, 0.29) is 43.3 Å². The number of carboxylic acids is 2. The van der Waals surface area contributed by atoms with Crippen LogP contribution in [-0.4, -0.2) is 60.4 Å². The molecule has 1 aromatic rings. The predicted octanol–water partition coefficient (Wildman–Crippen LogP) is 5.73. The first kappa shape index (κ1) is 39.0. The van der Waals surface area contributed by atoms with Gasteiger partial charge in [0.25, 0.3) is 0 Å². The Morgan fingerprint density at radius 2 is 1.30 bits per heavy atom. The second kappa shape index (κ2) is 19.3. The van der Waals surface area contributed by atoms with Crippen LogP contribution in [0.5, 0.6) is 11.5 Å². The fourth-order valence-corrected chi connectivity index (χ4v) is 5.48. The van der Waals surface area contributed by atoms with Gasteiger partial charge < -0.3 is 29.6 Å². The molecule has 6 nitrogen and oxygen atoms in total. The summed E-state index contributed by atoms with van der Waals surface area (Å²) in [6, 6.07) is 0. The molecule has 1 aliphatic rings. The van der Waals surface area contributed by atoms with Crippen molar-refractivity contribution in [2.75, 3.05) is 0 Å². The van der Waals surface area contributed by atoms with E-state index in [1.54, 1.807) is 0 Å². The average Bonchev–Trinajstić information content (AvgIpc) is 2.85. The van der Waals surface area contributed by atoms with E-state index in [9.17, 15) is 24.9 Å². The Balaban J connectivity index is 0.00000147. The first-order valence-electron chi connectivity index (χ1n) is 15.1. The number of carbonyl (C=O) groups excluding carboxylic acids is 2. The second-order valence-electron chi connectivity index (χ2n) is 12.7. The van der Waals surface area contributed by atoms with Gasteiger partial charge in [-0.25, -0.2) is 0 Å². The van der Waals surface area contributed by atoms with Crippen molar-refractivity contribution in [1.82, 2.24) is 0 Å². The van der Waals surface area contributed by atoms with E-state index in [0.29, 0.717) is 5.75 Å². The maximum Gasteiger partial charge on any atom is 2.00 e. The molecule has 3 unspecified atom stereocenters. The number of fused-ring (bicyclic) bond motifs is 1. The molecular formula is C33H54CaO6. The molecule has 7 heteroatoms. The largest absolute Gasteiger partial charge is 2.00 e. The van der Waals surface area contributed by atoms with E-state index in [2.05, 4.69) is 41.5 Å². The van der Waals surface area contributed by atoms with Crippen molar-refractivity contribution in [3.8, 4) is 11.5 Å². The predicted molar refractivity (Wildman–Crippen MR) is 159 cm³/mol. The van der Waals surface area contributed by atoms with Crippen LogP contribution in [0.15, 0.2) is 0 Å². The minimum Gasteiger partial charge on any atom is -0.550 e. The molecular weight excluding hydrogens is 532 g/mol. The molecule has 1 aliphatic heterocycles. The first-order valence-corrected chi connectivity index (χ1v) is 15.1. The van der Waals surface area contributed by atoms with Crippen molar-refractivity contribution >= 4 is 49.7 Å². The Hall–Kier alpha value is -0.980. The number of aliphatic carboxylic acids is 2. The van der Waals surface area contributed by atoms with Crippen LogP contribution in [0.4, 0.5) is 0 Å². The Morgan fingerprint density at radius 3 is 1.77 bits per heavy atom. The molecule has 0 radical (unpaired) electrons. The number of hydrogen-bond donors (Lipinski definition) is 1. The SMILES string of the molecule is Cc1c(C)c2c(c(C)c1O)CCC(C)(CCCC(C)CCCC(C)CCCC(C)C)O2.O=C([O-])CCC(=O)[O-].[Ca+2]. The maximum atomic E-state index is 10.4. The van der Waals surface area contributed by atoms with Crippen LogP contribution in [-0.2, 0) is 16.0 Å². The molecule has 1 N–H and O–H groups in total. The summed E-state index contributed by atoms with van der Waals surface area (Å²) in [6.45, 7) is 17.9. The molecule has 0 spiro atoms. The van der Waals surface area contributed by atoms with Crippen molar-refractivity contribution in [2.24, 2.45) is 17.8 Å². The van der Waals surface area contributed by atoms with Crippen LogP contribution in [0.3, 0.4) is 0 Å². The van der Waals surface area contributed by atoms with E-state index < -0.39 is 24.8 Å². The number of phenolic OH excluding ortho intramolecular Hbond substituents is 1. The molecule has 0 fully saturated rings. The third-order valence-electron chi connectivity index (χ3n) is 8.40. The van der Waals surface area contributed by atoms with Crippen molar-refractivity contribution in [1.29, 1.82) is 0 Å². The summed E-state index contributed by atoms with van der Waals surface area (Å²) in [7, 11) is 0. The Labute approximate surface area is 273 Å². The maximum absolute atomic E-state index is 10.4. The number of rotatable bonds is 15. The van der Waals surface area contributed by atoms with E-state index >= 15 is 0 Å². The molecule has 2 rings (SSSR count). The number of carbonyl (C=O) groups is 2. The minimum atomic E-state index is -1.37. The molecule has 1 heterocycles. The average molecular weight is 587 g/mol. The molecule has 0 aromatic heterocycles. The topological polar surface area (TPSA) is 110 Å². The first-order chi connectivity index (χ1) is 18.2. The second-order valence-corrected chi connectivity index (χ2v) is 12.7. The Kier molecular flexibility index (Phi) is 18.8. The summed E-state index contributed by atoms with van der Waals surface area (Å²) in [5.41, 5.74) is 4.23. The number of carboxylic acid groups (broad SMARTS) is 2. The zero-order chi connectivity index (χ0) is 29.8. The third kappa shape index (κ3) is 14.3. The van der Waals surface area contributed by atoms with Gasteiger partial charge in [-0.15, -0.1) is 0 Å². The summed E-state index contributed by atoms with van der Waals surface area (Å²) >= 11 is 0. The molecule has 40 heavy (non-hydrogen) atoms. The Bertz CT molecular complexity index is 914. The van der Waals surface area contributed by atoms with Crippen LogP contribution in [0, 0.1) is 38.5 Å². The minimum absolute atomic E-state index is 0. The van der Waals surface area contributed by atoms with E-state index in [1.165, 1.54) is 56.9 Å². The van der Waals surface area contributed by atoms with Crippen LogP contribution in [0.2, 0.25) is 0 Å². The van der Waals surface area contributed by atoms with Crippen LogP contribution in [0.1, 0.15) is 134 Å². The molecule has 0 bridgehead atoms. The normalized spacial score (nSPS) is 17.5. The monoisotopic (exact) mass is 586 g/mol. The molecule has 3 atom stereocenters. The van der Waals surface area contributed by atoms with Gasteiger partial charge in [-0.1, -0.05) is 72.6 Å². The summed E-state index contributed by atoms with van der Waals surface area (Å²) < 4.78 is 6.60. The summed E-state index contributed by atoms with van der Waals surface area (Å²) in [5.74, 6) is 1.30. The number of benzene rings is 1.